The van der Waals surface area contributed by atoms with Crippen LogP contribution in [0, 0.1) is 0 Å². The summed E-state index contributed by atoms with van der Waals surface area (Å²) in [5.41, 5.74) is 1.09. The average Bonchev–Trinajstić information content (AvgIpc) is 3.33. The van der Waals surface area contributed by atoms with Gasteiger partial charge in [-0.1, -0.05) is 23.2 Å². The van der Waals surface area contributed by atoms with Gasteiger partial charge < -0.3 is 18.8 Å². The van der Waals surface area contributed by atoms with Gasteiger partial charge in [-0.05, 0) is 44.2 Å². The molecule has 1 aromatic carbocycles. The Morgan fingerprint density at radius 1 is 1.07 bits per heavy atom. The predicted molar refractivity (Wildman–Crippen MR) is 106 cm³/mol. The van der Waals surface area contributed by atoms with Crippen LogP contribution in [-0.2, 0) is 14.2 Å². The second kappa shape index (κ2) is 6.75. The van der Waals surface area contributed by atoms with Crippen molar-refractivity contribution in [1.82, 2.24) is 14.5 Å². The molecule has 2 saturated heterocycles. The lowest BCUT2D eigenvalue weighted by Crippen LogP contribution is -2.35. The SMILES string of the molecule is CC1(C)O[C@@H]2[C@H](O1)[C@@H](C(=O)c1ccc(Cl)cc1)O[C@H]2n1ccc2c(Cl)ncnc21. The van der Waals surface area contributed by atoms with Crippen LogP contribution < -0.4 is 0 Å². The van der Waals surface area contributed by atoms with Crippen molar-refractivity contribution >= 4 is 40.0 Å². The van der Waals surface area contributed by atoms with Gasteiger partial charge in [-0.15, -0.1) is 0 Å². The van der Waals surface area contributed by atoms with E-state index in [4.69, 9.17) is 37.4 Å². The summed E-state index contributed by atoms with van der Waals surface area (Å²) in [6.07, 6.45) is 0.703. The van der Waals surface area contributed by atoms with Gasteiger partial charge in [0.15, 0.2) is 23.9 Å². The highest BCUT2D eigenvalue weighted by atomic mass is 35.5. The molecule has 7 nitrogen and oxygen atoms in total. The van der Waals surface area contributed by atoms with Crippen LogP contribution in [0.15, 0.2) is 42.9 Å². The number of rotatable bonds is 3. The first-order chi connectivity index (χ1) is 13.8. The first kappa shape index (κ1) is 19.0. The molecule has 4 atom stereocenters. The molecule has 3 aromatic rings. The fourth-order valence-corrected chi connectivity index (χ4v) is 4.25. The molecule has 0 saturated carbocycles. The van der Waals surface area contributed by atoms with Crippen LogP contribution in [0.5, 0.6) is 0 Å². The quantitative estimate of drug-likeness (QED) is 0.458. The van der Waals surface area contributed by atoms with Gasteiger partial charge >= 0.3 is 0 Å². The number of hydrogen-bond donors (Lipinski definition) is 0. The lowest BCUT2D eigenvalue weighted by molar-refractivity contribution is -0.190. The van der Waals surface area contributed by atoms with Crippen molar-refractivity contribution in [2.45, 2.75) is 44.2 Å². The number of ether oxygens (including phenoxy) is 3. The number of carbonyl (C=O) groups excluding carboxylic acids is 1. The Hall–Kier alpha value is -2.03. The fraction of sp³-hybridized carbons (Fsp3) is 0.350. The van der Waals surface area contributed by atoms with Crippen LogP contribution in [0.4, 0.5) is 0 Å². The van der Waals surface area contributed by atoms with Crippen LogP contribution in [-0.4, -0.2) is 44.4 Å². The van der Waals surface area contributed by atoms with Crippen molar-refractivity contribution in [3.8, 4) is 0 Å². The minimum atomic E-state index is -0.842. The third kappa shape index (κ3) is 3.14. The molecule has 0 spiro atoms. The third-order valence-electron chi connectivity index (χ3n) is 5.15. The Labute approximate surface area is 176 Å². The number of carbonyl (C=O) groups is 1. The summed E-state index contributed by atoms with van der Waals surface area (Å²) < 4.78 is 20.1. The maximum absolute atomic E-state index is 13.2. The first-order valence-corrected chi connectivity index (χ1v) is 9.87. The predicted octanol–water partition coefficient (Wildman–Crippen LogP) is 4.04. The minimum absolute atomic E-state index is 0.190. The van der Waals surface area contributed by atoms with Crippen molar-refractivity contribution in [2.24, 2.45) is 0 Å². The monoisotopic (exact) mass is 433 g/mol. The van der Waals surface area contributed by atoms with Crippen LogP contribution in [0.2, 0.25) is 10.2 Å². The number of Topliss-reactive ketones (excluding diaryl/α,β-unsaturated/α-hetero) is 1. The lowest BCUT2D eigenvalue weighted by Gasteiger charge is -2.24. The molecule has 9 heteroatoms. The highest BCUT2D eigenvalue weighted by Gasteiger charge is 2.58. The highest BCUT2D eigenvalue weighted by Crippen LogP contribution is 2.44. The van der Waals surface area contributed by atoms with Crippen molar-refractivity contribution in [1.29, 1.82) is 0 Å². The van der Waals surface area contributed by atoms with Crippen LogP contribution >= 0.6 is 23.2 Å². The summed E-state index contributed by atoms with van der Waals surface area (Å²) in [6, 6.07) is 8.51. The Kier molecular flexibility index (Phi) is 4.42. The third-order valence-corrected chi connectivity index (χ3v) is 5.70. The van der Waals surface area contributed by atoms with Gasteiger partial charge in [0.25, 0.3) is 0 Å². The molecule has 0 N–H and O–H groups in total. The number of benzene rings is 1. The zero-order valence-electron chi connectivity index (χ0n) is 15.6. The fourth-order valence-electron chi connectivity index (χ4n) is 3.94. The van der Waals surface area contributed by atoms with Gasteiger partial charge in [0.2, 0.25) is 0 Å². The normalized spacial score (nSPS) is 28.0. The van der Waals surface area contributed by atoms with Crippen LogP contribution in [0.25, 0.3) is 11.0 Å². The Morgan fingerprint density at radius 3 is 2.55 bits per heavy atom. The van der Waals surface area contributed by atoms with E-state index in [1.807, 2.05) is 19.9 Å². The van der Waals surface area contributed by atoms with Crippen molar-refractivity contribution in [3.63, 3.8) is 0 Å². The average molecular weight is 434 g/mol. The van der Waals surface area contributed by atoms with E-state index in [0.717, 1.165) is 0 Å². The maximum Gasteiger partial charge on any atom is 0.194 e. The molecule has 0 radical (unpaired) electrons. The molecule has 2 fully saturated rings. The number of ketones is 1. The molecule has 0 aliphatic carbocycles. The van der Waals surface area contributed by atoms with E-state index in [1.54, 1.807) is 35.0 Å². The number of halogens is 2. The Bertz CT molecular complexity index is 1100. The van der Waals surface area contributed by atoms with E-state index in [-0.39, 0.29) is 5.78 Å². The maximum atomic E-state index is 13.2. The highest BCUT2D eigenvalue weighted by molar-refractivity contribution is 6.33. The van der Waals surface area contributed by atoms with Gasteiger partial charge in [-0.25, -0.2) is 9.97 Å². The second-order valence-corrected chi connectivity index (χ2v) is 8.30. The van der Waals surface area contributed by atoms with Crippen molar-refractivity contribution in [2.75, 3.05) is 0 Å². The topological polar surface area (TPSA) is 75.5 Å². The number of fused-ring (bicyclic) bond motifs is 2. The molecule has 4 heterocycles. The molecule has 2 aromatic heterocycles. The summed E-state index contributed by atoms with van der Waals surface area (Å²) in [5.74, 6) is -1.03. The zero-order chi connectivity index (χ0) is 20.3. The van der Waals surface area contributed by atoms with Crippen LogP contribution in [0.1, 0.15) is 30.4 Å². The summed E-state index contributed by atoms with van der Waals surface area (Å²) in [4.78, 5) is 21.5. The molecule has 0 amide bonds. The molecule has 150 valence electrons. The Morgan fingerprint density at radius 2 is 1.79 bits per heavy atom. The molecular formula is C20H17Cl2N3O4. The molecule has 29 heavy (non-hydrogen) atoms. The first-order valence-electron chi connectivity index (χ1n) is 9.12. The van der Waals surface area contributed by atoms with Gasteiger partial charge in [0.1, 0.15) is 29.3 Å². The largest absolute Gasteiger partial charge is 0.341 e. The molecule has 0 unspecified atom stereocenters. The van der Waals surface area contributed by atoms with E-state index in [2.05, 4.69) is 9.97 Å². The lowest BCUT2D eigenvalue weighted by atomic mass is 10.0. The van der Waals surface area contributed by atoms with Gasteiger partial charge in [0, 0.05) is 16.8 Å². The number of aromatic nitrogens is 3. The van der Waals surface area contributed by atoms with Crippen molar-refractivity contribution in [3.05, 3.63) is 58.6 Å². The summed E-state index contributed by atoms with van der Waals surface area (Å²) in [7, 11) is 0. The van der Waals surface area contributed by atoms with Gasteiger partial charge in [-0.2, -0.15) is 0 Å². The molecule has 5 rings (SSSR count). The number of hydrogen-bond acceptors (Lipinski definition) is 6. The zero-order valence-corrected chi connectivity index (χ0v) is 17.1. The van der Waals surface area contributed by atoms with E-state index >= 15 is 0 Å². The molecule has 2 aliphatic rings. The van der Waals surface area contributed by atoms with Crippen LogP contribution in [0.3, 0.4) is 0 Å². The van der Waals surface area contributed by atoms with Crippen molar-refractivity contribution < 1.29 is 19.0 Å². The Balaban J connectivity index is 1.54. The molecular weight excluding hydrogens is 417 g/mol. The minimum Gasteiger partial charge on any atom is -0.341 e. The smallest absolute Gasteiger partial charge is 0.194 e. The number of nitrogens with zero attached hydrogens (tertiary/aromatic N) is 3. The summed E-state index contributed by atoms with van der Waals surface area (Å²) >= 11 is 12.1. The van der Waals surface area contributed by atoms with E-state index in [1.165, 1.54) is 6.33 Å². The van der Waals surface area contributed by atoms with Gasteiger partial charge in [-0.3, -0.25) is 4.79 Å². The molecule has 0 bridgehead atoms. The molecule has 2 aliphatic heterocycles. The van der Waals surface area contributed by atoms with Gasteiger partial charge in [0.05, 0.1) is 5.39 Å². The van der Waals surface area contributed by atoms with E-state index < -0.39 is 30.3 Å². The van der Waals surface area contributed by atoms with E-state index in [0.29, 0.717) is 26.8 Å². The summed E-state index contributed by atoms with van der Waals surface area (Å²) in [6.45, 7) is 3.64. The second-order valence-electron chi connectivity index (χ2n) is 7.51. The summed E-state index contributed by atoms with van der Waals surface area (Å²) in [5, 5.41) is 1.60. The van der Waals surface area contributed by atoms with E-state index in [9.17, 15) is 4.79 Å². The standard InChI is InChI=1S/C20H17Cl2N3O4/c1-20(2)28-15-14(13(26)10-3-5-11(21)6-4-10)27-19(16(15)29-20)25-8-7-12-17(22)23-9-24-18(12)25/h3-9,14-16,19H,1-2H3/t14-,15-,16-,19-/m1/s1.